The van der Waals surface area contributed by atoms with E-state index in [1.807, 2.05) is 37.3 Å². The number of carbonyl (C=O) groups excluding carboxylic acids is 1. The van der Waals surface area contributed by atoms with Crippen molar-refractivity contribution in [1.82, 2.24) is 9.88 Å². The maximum atomic E-state index is 13.3. The summed E-state index contributed by atoms with van der Waals surface area (Å²) in [5.41, 5.74) is 2.82. The van der Waals surface area contributed by atoms with Crippen molar-refractivity contribution in [1.29, 1.82) is 0 Å². The van der Waals surface area contributed by atoms with Crippen molar-refractivity contribution < 1.29 is 9.72 Å². The number of hydrogen-bond donors (Lipinski definition) is 0. The van der Waals surface area contributed by atoms with Crippen LogP contribution in [0.15, 0.2) is 67.0 Å². The van der Waals surface area contributed by atoms with Crippen molar-refractivity contribution in [2.75, 3.05) is 0 Å². The number of hydrogen-bond acceptors (Lipinski definition) is 4. The highest BCUT2D eigenvalue weighted by molar-refractivity contribution is 6.33. The minimum absolute atomic E-state index is 0.105. The Morgan fingerprint density at radius 2 is 1.93 bits per heavy atom. The number of non-ortho nitro benzene ring substituents is 1. The van der Waals surface area contributed by atoms with Gasteiger partial charge in [0.2, 0.25) is 0 Å². The normalized spacial score (nSPS) is 10.5. The highest BCUT2D eigenvalue weighted by Crippen LogP contribution is 2.25. The summed E-state index contributed by atoms with van der Waals surface area (Å²) in [7, 11) is 0. The lowest BCUT2D eigenvalue weighted by atomic mass is 10.1. The third kappa shape index (κ3) is 4.53. The average Bonchev–Trinajstić information content (AvgIpc) is 2.69. The van der Waals surface area contributed by atoms with Gasteiger partial charge in [0.15, 0.2) is 0 Å². The second kappa shape index (κ2) is 8.63. The van der Waals surface area contributed by atoms with E-state index in [9.17, 15) is 14.9 Å². The molecule has 0 aliphatic rings. The number of nitrogens with zero attached hydrogens (tertiary/aromatic N) is 3. The van der Waals surface area contributed by atoms with E-state index >= 15 is 0 Å². The van der Waals surface area contributed by atoms with Crippen LogP contribution in [-0.2, 0) is 13.1 Å². The van der Waals surface area contributed by atoms with Gasteiger partial charge in [-0.3, -0.25) is 19.9 Å². The first kappa shape index (κ1) is 19.5. The Kier molecular flexibility index (Phi) is 6.01. The number of rotatable bonds is 6. The maximum absolute atomic E-state index is 13.3. The van der Waals surface area contributed by atoms with E-state index in [0.29, 0.717) is 13.1 Å². The van der Waals surface area contributed by atoms with Crippen molar-refractivity contribution >= 4 is 23.2 Å². The molecule has 0 fully saturated rings. The largest absolute Gasteiger partial charge is 0.330 e. The minimum atomic E-state index is -0.542. The molecule has 0 radical (unpaired) electrons. The summed E-state index contributed by atoms with van der Waals surface area (Å²) in [5.74, 6) is -0.374. The zero-order valence-electron chi connectivity index (χ0n) is 15.2. The van der Waals surface area contributed by atoms with Crippen LogP contribution >= 0.6 is 11.6 Å². The molecule has 0 saturated carbocycles. The number of nitro groups is 1. The maximum Gasteiger partial charge on any atom is 0.270 e. The highest BCUT2D eigenvalue weighted by atomic mass is 35.5. The Morgan fingerprint density at radius 1 is 1.14 bits per heavy atom. The van der Waals surface area contributed by atoms with E-state index in [1.54, 1.807) is 23.4 Å². The Labute approximate surface area is 167 Å². The molecule has 3 rings (SSSR count). The highest BCUT2D eigenvalue weighted by Gasteiger charge is 2.22. The van der Waals surface area contributed by atoms with E-state index in [0.717, 1.165) is 16.7 Å². The van der Waals surface area contributed by atoms with E-state index in [-0.39, 0.29) is 22.2 Å². The van der Waals surface area contributed by atoms with Gasteiger partial charge < -0.3 is 4.90 Å². The topological polar surface area (TPSA) is 76.3 Å². The van der Waals surface area contributed by atoms with Gasteiger partial charge in [-0.1, -0.05) is 41.9 Å². The van der Waals surface area contributed by atoms with Gasteiger partial charge in [0.05, 0.1) is 15.5 Å². The lowest BCUT2D eigenvalue weighted by molar-refractivity contribution is -0.384. The summed E-state index contributed by atoms with van der Waals surface area (Å²) in [6, 6.07) is 15.3. The van der Waals surface area contributed by atoms with Crippen LogP contribution in [0.4, 0.5) is 5.69 Å². The Balaban J connectivity index is 1.98. The number of carbonyl (C=O) groups is 1. The summed E-state index contributed by atoms with van der Waals surface area (Å²) in [5, 5.41) is 11.3. The number of aryl methyl sites for hydroxylation is 1. The first-order valence-electron chi connectivity index (χ1n) is 8.62. The second-order valence-electron chi connectivity index (χ2n) is 6.37. The fraction of sp³-hybridized carbons (Fsp3) is 0.143. The van der Waals surface area contributed by atoms with Gasteiger partial charge in [-0.2, -0.15) is 0 Å². The van der Waals surface area contributed by atoms with Crippen molar-refractivity contribution in [2.24, 2.45) is 0 Å². The molecule has 0 spiro atoms. The predicted molar refractivity (Wildman–Crippen MR) is 107 cm³/mol. The molecule has 0 aliphatic carbocycles. The quantitative estimate of drug-likeness (QED) is 0.444. The number of halogens is 1. The first-order valence-corrected chi connectivity index (χ1v) is 9.00. The summed E-state index contributed by atoms with van der Waals surface area (Å²) in [6.45, 7) is 2.63. The molecule has 28 heavy (non-hydrogen) atoms. The van der Waals surface area contributed by atoms with Crippen LogP contribution in [0.5, 0.6) is 0 Å². The third-order valence-electron chi connectivity index (χ3n) is 4.40. The monoisotopic (exact) mass is 395 g/mol. The zero-order valence-corrected chi connectivity index (χ0v) is 16.0. The standard InChI is InChI=1S/C21H18ClN3O3/c1-15-5-2-3-7-17(15)14-24(13-16-6-4-10-23-12-16)21(26)19-11-18(25(27)28)8-9-20(19)22/h2-12H,13-14H2,1H3. The van der Waals surface area contributed by atoms with Crippen molar-refractivity contribution in [2.45, 2.75) is 20.0 Å². The Hall–Kier alpha value is -3.25. The number of amides is 1. The summed E-state index contributed by atoms with van der Waals surface area (Å²) in [4.78, 5) is 29.5. The van der Waals surface area contributed by atoms with Crippen LogP contribution in [-0.4, -0.2) is 20.7 Å². The lowest BCUT2D eigenvalue weighted by Gasteiger charge is -2.24. The molecule has 0 N–H and O–H groups in total. The van der Waals surface area contributed by atoms with Gasteiger partial charge in [-0.25, -0.2) is 0 Å². The van der Waals surface area contributed by atoms with Gasteiger partial charge in [-0.05, 0) is 35.7 Å². The van der Waals surface area contributed by atoms with Crippen LogP contribution in [0.3, 0.4) is 0 Å². The van der Waals surface area contributed by atoms with Gasteiger partial charge in [0, 0.05) is 37.6 Å². The van der Waals surface area contributed by atoms with Crippen molar-refractivity contribution in [3.8, 4) is 0 Å². The number of nitro benzene ring substituents is 1. The molecule has 0 aliphatic heterocycles. The molecule has 7 heteroatoms. The van der Waals surface area contributed by atoms with Crippen LogP contribution in [0.2, 0.25) is 5.02 Å². The number of benzene rings is 2. The molecule has 0 atom stereocenters. The zero-order chi connectivity index (χ0) is 20.1. The van der Waals surface area contributed by atoms with Crippen LogP contribution < -0.4 is 0 Å². The molecule has 0 unspecified atom stereocenters. The first-order chi connectivity index (χ1) is 13.5. The molecule has 1 amide bonds. The van der Waals surface area contributed by atoms with E-state index in [1.165, 1.54) is 18.2 Å². The van der Waals surface area contributed by atoms with Crippen molar-refractivity contribution in [3.63, 3.8) is 0 Å². The molecule has 1 aromatic heterocycles. The molecular weight excluding hydrogens is 378 g/mol. The molecule has 6 nitrogen and oxygen atoms in total. The molecule has 2 aromatic carbocycles. The third-order valence-corrected chi connectivity index (χ3v) is 4.73. The summed E-state index contributed by atoms with van der Waals surface area (Å²) >= 11 is 6.19. The number of aromatic nitrogens is 1. The lowest BCUT2D eigenvalue weighted by Crippen LogP contribution is -2.30. The smallest absolute Gasteiger partial charge is 0.270 e. The van der Waals surface area contributed by atoms with Gasteiger partial charge >= 0.3 is 0 Å². The van der Waals surface area contributed by atoms with Crippen LogP contribution in [0.1, 0.15) is 27.0 Å². The van der Waals surface area contributed by atoms with Gasteiger partial charge in [0.1, 0.15) is 0 Å². The van der Waals surface area contributed by atoms with E-state index in [4.69, 9.17) is 11.6 Å². The Morgan fingerprint density at radius 3 is 2.61 bits per heavy atom. The second-order valence-corrected chi connectivity index (χ2v) is 6.78. The van der Waals surface area contributed by atoms with Gasteiger partial charge in [0.25, 0.3) is 11.6 Å². The molecule has 1 heterocycles. The minimum Gasteiger partial charge on any atom is -0.330 e. The average molecular weight is 396 g/mol. The van der Waals surface area contributed by atoms with Crippen LogP contribution in [0.25, 0.3) is 0 Å². The fourth-order valence-electron chi connectivity index (χ4n) is 2.87. The molecule has 0 bridgehead atoms. The van der Waals surface area contributed by atoms with Crippen LogP contribution in [0, 0.1) is 17.0 Å². The summed E-state index contributed by atoms with van der Waals surface area (Å²) < 4.78 is 0. The predicted octanol–water partition coefficient (Wildman–Crippen LogP) is 4.79. The fourth-order valence-corrected chi connectivity index (χ4v) is 3.06. The molecule has 3 aromatic rings. The molecule has 142 valence electrons. The van der Waals surface area contributed by atoms with Crippen molar-refractivity contribution in [3.05, 3.63) is 104 Å². The SMILES string of the molecule is Cc1ccccc1CN(Cc1cccnc1)C(=O)c1cc([N+](=O)[O-])ccc1Cl. The molecule has 0 saturated heterocycles. The summed E-state index contributed by atoms with van der Waals surface area (Å²) in [6.07, 6.45) is 3.35. The van der Waals surface area contributed by atoms with Gasteiger partial charge in [-0.15, -0.1) is 0 Å². The molecular formula is C21H18ClN3O3. The number of pyridine rings is 1. The van der Waals surface area contributed by atoms with E-state index in [2.05, 4.69) is 4.98 Å². The van der Waals surface area contributed by atoms with E-state index < -0.39 is 4.92 Å². The Bertz CT molecular complexity index is 1010.